The number of morpholine rings is 1. The maximum absolute atomic E-state index is 11.5. The molecule has 0 saturated carbocycles. The zero-order chi connectivity index (χ0) is 17.6. The number of anilines is 1. The van der Waals surface area contributed by atoms with Crippen LogP contribution in [-0.4, -0.2) is 61.1 Å². The van der Waals surface area contributed by atoms with Crippen molar-refractivity contribution in [3.05, 3.63) is 23.9 Å². The van der Waals surface area contributed by atoms with E-state index < -0.39 is 0 Å². The lowest BCUT2D eigenvalue weighted by atomic mass is 9.97. The number of piperidine rings is 1. The Labute approximate surface area is 171 Å². The van der Waals surface area contributed by atoms with Gasteiger partial charge in [-0.25, -0.2) is 9.98 Å². The summed E-state index contributed by atoms with van der Waals surface area (Å²) in [5, 5.41) is 0. The van der Waals surface area contributed by atoms with Gasteiger partial charge in [0.15, 0.2) is 5.96 Å². The molecule has 1 amide bonds. The molecule has 2 aliphatic heterocycles. The maximum atomic E-state index is 11.5. The van der Waals surface area contributed by atoms with Crippen molar-refractivity contribution in [2.75, 3.05) is 44.3 Å². The molecule has 0 bridgehead atoms. The molecule has 2 aliphatic rings. The van der Waals surface area contributed by atoms with Gasteiger partial charge in [0.25, 0.3) is 0 Å². The molecular formula is C17H27IN6O2. The van der Waals surface area contributed by atoms with Crippen molar-refractivity contribution in [2.45, 2.75) is 19.4 Å². The van der Waals surface area contributed by atoms with Crippen LogP contribution in [0, 0.1) is 5.92 Å². The summed E-state index contributed by atoms with van der Waals surface area (Å²) in [5.74, 6) is 1.04. The second-order valence-electron chi connectivity index (χ2n) is 6.45. The van der Waals surface area contributed by atoms with Crippen molar-refractivity contribution in [1.82, 2.24) is 9.88 Å². The molecule has 1 unspecified atom stereocenters. The normalized spacial score (nSPS) is 21.2. The van der Waals surface area contributed by atoms with Gasteiger partial charge in [0.1, 0.15) is 5.82 Å². The summed E-state index contributed by atoms with van der Waals surface area (Å²) in [4.78, 5) is 24.7. The van der Waals surface area contributed by atoms with Gasteiger partial charge in [-0.1, -0.05) is 6.07 Å². The van der Waals surface area contributed by atoms with E-state index in [0.717, 1.165) is 43.9 Å². The molecule has 1 aromatic heterocycles. The molecule has 4 N–H and O–H groups in total. The number of aliphatic imine (C=N–C) groups is 1. The van der Waals surface area contributed by atoms with Crippen LogP contribution >= 0.6 is 24.0 Å². The number of nitrogens with zero attached hydrogens (tertiary/aromatic N) is 4. The van der Waals surface area contributed by atoms with Crippen molar-refractivity contribution < 1.29 is 9.53 Å². The third-order valence-corrected chi connectivity index (χ3v) is 4.74. The summed E-state index contributed by atoms with van der Waals surface area (Å²) in [5.41, 5.74) is 12.6. The molecule has 2 saturated heterocycles. The highest BCUT2D eigenvalue weighted by molar-refractivity contribution is 14.0. The Hall–Kier alpha value is -1.62. The molecule has 0 aromatic carbocycles. The molecule has 1 aromatic rings. The molecule has 3 rings (SSSR count). The molecule has 0 radical (unpaired) electrons. The number of halogens is 1. The van der Waals surface area contributed by atoms with Gasteiger partial charge in [-0.2, -0.15) is 0 Å². The van der Waals surface area contributed by atoms with Crippen LogP contribution in [0.4, 0.5) is 5.82 Å². The van der Waals surface area contributed by atoms with Crippen molar-refractivity contribution in [3.63, 3.8) is 0 Å². The van der Waals surface area contributed by atoms with E-state index in [1.54, 1.807) is 6.20 Å². The standard InChI is InChI=1S/C17H26N6O2.HI/c18-15(24)14-4-2-6-23(12-14)16-13(3-1-5-20-16)11-21-17(19)22-7-9-25-10-8-22;/h1,3,5,14H,2,4,6-12H2,(H2,18,24)(H2,19,21);1H. The molecule has 2 fully saturated rings. The molecule has 144 valence electrons. The van der Waals surface area contributed by atoms with Crippen LogP contribution in [0.5, 0.6) is 0 Å². The molecule has 0 aliphatic carbocycles. The molecular weight excluding hydrogens is 447 g/mol. The van der Waals surface area contributed by atoms with E-state index >= 15 is 0 Å². The maximum Gasteiger partial charge on any atom is 0.222 e. The summed E-state index contributed by atoms with van der Waals surface area (Å²) >= 11 is 0. The predicted molar refractivity (Wildman–Crippen MR) is 112 cm³/mol. The van der Waals surface area contributed by atoms with Crippen LogP contribution in [-0.2, 0) is 16.1 Å². The Bertz CT molecular complexity index is 635. The third kappa shape index (κ3) is 5.19. The number of primary amides is 1. The van der Waals surface area contributed by atoms with Crippen molar-refractivity contribution in [3.8, 4) is 0 Å². The summed E-state index contributed by atoms with van der Waals surface area (Å²) in [6.07, 6.45) is 3.54. The van der Waals surface area contributed by atoms with E-state index in [2.05, 4.69) is 14.9 Å². The fourth-order valence-corrected chi connectivity index (χ4v) is 3.30. The zero-order valence-corrected chi connectivity index (χ0v) is 17.2. The lowest BCUT2D eigenvalue weighted by Crippen LogP contribution is -2.44. The van der Waals surface area contributed by atoms with Gasteiger partial charge < -0.3 is 26.0 Å². The number of aromatic nitrogens is 1. The second kappa shape index (κ2) is 9.91. The van der Waals surface area contributed by atoms with Crippen LogP contribution in [0.15, 0.2) is 23.3 Å². The van der Waals surface area contributed by atoms with E-state index in [1.165, 1.54) is 0 Å². The molecule has 9 heteroatoms. The zero-order valence-electron chi connectivity index (χ0n) is 14.8. The van der Waals surface area contributed by atoms with Gasteiger partial charge in [-0.15, -0.1) is 24.0 Å². The SMILES string of the molecule is I.NC(=O)C1CCCN(c2ncccc2CN=C(N)N2CCOCC2)C1. The van der Waals surface area contributed by atoms with E-state index in [1.807, 2.05) is 17.0 Å². The van der Waals surface area contributed by atoms with Gasteiger partial charge in [0, 0.05) is 37.9 Å². The third-order valence-electron chi connectivity index (χ3n) is 4.74. The number of nitrogens with two attached hydrogens (primary N) is 2. The number of carbonyl (C=O) groups is 1. The molecule has 3 heterocycles. The van der Waals surface area contributed by atoms with E-state index in [4.69, 9.17) is 16.2 Å². The fraction of sp³-hybridized carbons (Fsp3) is 0.588. The van der Waals surface area contributed by atoms with Gasteiger partial charge in [-0.3, -0.25) is 4.79 Å². The second-order valence-corrected chi connectivity index (χ2v) is 6.45. The van der Waals surface area contributed by atoms with E-state index in [-0.39, 0.29) is 35.8 Å². The Balaban J connectivity index is 0.00000243. The number of ether oxygens (including phenoxy) is 1. The number of hydrogen-bond acceptors (Lipinski definition) is 5. The average Bonchev–Trinajstić information content (AvgIpc) is 2.67. The Morgan fingerprint density at radius 1 is 1.31 bits per heavy atom. The molecule has 1 atom stereocenters. The van der Waals surface area contributed by atoms with Gasteiger partial charge in [0.05, 0.1) is 25.7 Å². The predicted octanol–water partition coefficient (Wildman–Crippen LogP) is 0.548. The number of pyridine rings is 1. The lowest BCUT2D eigenvalue weighted by molar-refractivity contribution is -0.122. The Morgan fingerprint density at radius 3 is 2.81 bits per heavy atom. The summed E-state index contributed by atoms with van der Waals surface area (Å²) in [6, 6.07) is 3.90. The largest absolute Gasteiger partial charge is 0.378 e. The summed E-state index contributed by atoms with van der Waals surface area (Å²) < 4.78 is 5.33. The van der Waals surface area contributed by atoms with Crippen LogP contribution in [0.2, 0.25) is 0 Å². The number of hydrogen-bond donors (Lipinski definition) is 2. The molecule has 0 spiro atoms. The van der Waals surface area contributed by atoms with Crippen LogP contribution < -0.4 is 16.4 Å². The topological polar surface area (TPSA) is 110 Å². The molecule has 8 nitrogen and oxygen atoms in total. The first-order valence-corrected chi connectivity index (χ1v) is 8.76. The minimum atomic E-state index is -0.239. The quantitative estimate of drug-likeness (QED) is 0.375. The van der Waals surface area contributed by atoms with E-state index in [9.17, 15) is 4.79 Å². The van der Waals surface area contributed by atoms with Gasteiger partial charge in [-0.05, 0) is 18.9 Å². The van der Waals surface area contributed by atoms with Gasteiger partial charge >= 0.3 is 0 Å². The first kappa shape index (κ1) is 20.7. The number of guanidine groups is 1. The highest BCUT2D eigenvalue weighted by Gasteiger charge is 2.26. The van der Waals surface area contributed by atoms with Crippen LogP contribution in [0.3, 0.4) is 0 Å². The first-order chi connectivity index (χ1) is 12.1. The highest BCUT2D eigenvalue weighted by Crippen LogP contribution is 2.25. The molecule has 26 heavy (non-hydrogen) atoms. The Morgan fingerprint density at radius 2 is 2.08 bits per heavy atom. The lowest BCUT2D eigenvalue weighted by Gasteiger charge is -2.33. The smallest absolute Gasteiger partial charge is 0.222 e. The fourth-order valence-electron chi connectivity index (χ4n) is 3.30. The van der Waals surface area contributed by atoms with Crippen LogP contribution in [0.25, 0.3) is 0 Å². The van der Waals surface area contributed by atoms with Gasteiger partial charge in [0.2, 0.25) is 5.91 Å². The Kier molecular flexibility index (Phi) is 7.88. The highest BCUT2D eigenvalue weighted by atomic mass is 127. The van der Waals surface area contributed by atoms with E-state index in [0.29, 0.717) is 32.3 Å². The van der Waals surface area contributed by atoms with Crippen LogP contribution in [0.1, 0.15) is 18.4 Å². The minimum Gasteiger partial charge on any atom is -0.378 e. The monoisotopic (exact) mass is 474 g/mol. The van der Waals surface area contributed by atoms with Crippen molar-refractivity contribution in [1.29, 1.82) is 0 Å². The number of carbonyl (C=O) groups excluding carboxylic acids is 1. The summed E-state index contributed by atoms with van der Waals surface area (Å²) in [7, 11) is 0. The average molecular weight is 474 g/mol. The minimum absolute atomic E-state index is 0. The number of amides is 1. The number of rotatable bonds is 4. The van der Waals surface area contributed by atoms with Crippen molar-refractivity contribution >= 4 is 41.7 Å². The van der Waals surface area contributed by atoms with Crippen molar-refractivity contribution in [2.24, 2.45) is 22.4 Å². The summed E-state index contributed by atoms with van der Waals surface area (Å²) in [6.45, 7) is 4.83. The first-order valence-electron chi connectivity index (χ1n) is 8.76.